The highest BCUT2D eigenvalue weighted by molar-refractivity contribution is 5.94. The van der Waals surface area contributed by atoms with Gasteiger partial charge in [0.1, 0.15) is 0 Å². The maximum atomic E-state index is 12.7. The molecule has 3 rings (SSSR count). The Hall–Kier alpha value is -2.24. The Morgan fingerprint density at radius 2 is 1.88 bits per heavy atom. The number of piperazine rings is 1. The Balaban J connectivity index is 1.57. The van der Waals surface area contributed by atoms with E-state index in [0.29, 0.717) is 12.6 Å². The summed E-state index contributed by atoms with van der Waals surface area (Å²) in [6.45, 7) is 6.03. The van der Waals surface area contributed by atoms with Crippen LogP contribution in [0.3, 0.4) is 0 Å². The van der Waals surface area contributed by atoms with Gasteiger partial charge in [-0.15, -0.1) is 0 Å². The molecule has 0 radical (unpaired) electrons. The summed E-state index contributed by atoms with van der Waals surface area (Å²) in [6.07, 6.45) is 3.72. The molecular weight excluding hydrogens is 314 g/mol. The minimum atomic E-state index is 0.109. The van der Waals surface area contributed by atoms with Crippen molar-refractivity contribution >= 4 is 5.91 Å². The second-order valence-corrected chi connectivity index (χ2v) is 6.42. The summed E-state index contributed by atoms with van der Waals surface area (Å²) in [5.41, 5.74) is 3.04. The molecule has 2 aromatic rings. The summed E-state index contributed by atoms with van der Waals surface area (Å²) < 4.78 is 5.11. The fourth-order valence-corrected chi connectivity index (χ4v) is 3.24. The van der Waals surface area contributed by atoms with Crippen molar-refractivity contribution in [2.45, 2.75) is 19.6 Å². The lowest BCUT2D eigenvalue weighted by Gasteiger charge is -2.38. The van der Waals surface area contributed by atoms with Crippen LogP contribution < -0.4 is 0 Å². The van der Waals surface area contributed by atoms with Crippen LogP contribution in [0.15, 0.2) is 48.8 Å². The summed E-state index contributed by atoms with van der Waals surface area (Å²) in [5, 5.41) is 0. The number of rotatable bonds is 5. The fourth-order valence-electron chi connectivity index (χ4n) is 3.24. The number of nitrogens with zero attached hydrogens (tertiary/aromatic N) is 3. The first-order chi connectivity index (χ1) is 12.2. The molecule has 2 heterocycles. The number of carbonyl (C=O) groups is 1. The van der Waals surface area contributed by atoms with Gasteiger partial charge in [0.15, 0.2) is 0 Å². The monoisotopic (exact) mass is 339 g/mol. The summed E-state index contributed by atoms with van der Waals surface area (Å²) in [5.74, 6) is 0.109. The van der Waals surface area contributed by atoms with Crippen LogP contribution in [0.2, 0.25) is 0 Å². The van der Waals surface area contributed by atoms with E-state index in [9.17, 15) is 4.79 Å². The average molecular weight is 339 g/mol. The highest BCUT2D eigenvalue weighted by atomic mass is 16.5. The van der Waals surface area contributed by atoms with Crippen molar-refractivity contribution in [1.29, 1.82) is 0 Å². The molecule has 5 heteroatoms. The van der Waals surface area contributed by atoms with Crippen molar-refractivity contribution in [1.82, 2.24) is 14.8 Å². The van der Waals surface area contributed by atoms with Gasteiger partial charge in [0.2, 0.25) is 0 Å². The zero-order chi connectivity index (χ0) is 17.6. The van der Waals surface area contributed by atoms with E-state index in [4.69, 9.17) is 4.74 Å². The molecule has 0 N–H and O–H groups in total. The van der Waals surface area contributed by atoms with Crippen molar-refractivity contribution in [3.05, 3.63) is 65.5 Å². The fraction of sp³-hybridized carbons (Fsp3) is 0.400. The van der Waals surface area contributed by atoms with Crippen LogP contribution >= 0.6 is 0 Å². The zero-order valence-corrected chi connectivity index (χ0v) is 14.9. The van der Waals surface area contributed by atoms with E-state index in [0.717, 1.165) is 37.3 Å². The molecule has 25 heavy (non-hydrogen) atoms. The van der Waals surface area contributed by atoms with Crippen molar-refractivity contribution in [3.8, 4) is 0 Å². The number of pyridine rings is 1. The minimum absolute atomic E-state index is 0.109. The lowest BCUT2D eigenvalue weighted by atomic mass is 10.1. The summed E-state index contributed by atoms with van der Waals surface area (Å²) in [6, 6.07) is 12.1. The Morgan fingerprint density at radius 1 is 1.16 bits per heavy atom. The number of methoxy groups -OCH3 is 1. The first-order valence-electron chi connectivity index (χ1n) is 8.70. The van der Waals surface area contributed by atoms with Crippen molar-refractivity contribution in [2.75, 3.05) is 33.3 Å². The van der Waals surface area contributed by atoms with Crippen LogP contribution in [-0.2, 0) is 11.3 Å². The van der Waals surface area contributed by atoms with Gasteiger partial charge in [0.05, 0.1) is 6.61 Å². The molecule has 0 unspecified atom stereocenters. The number of benzene rings is 1. The third-order valence-corrected chi connectivity index (χ3v) is 4.83. The van der Waals surface area contributed by atoms with Gasteiger partial charge in [-0.1, -0.05) is 18.2 Å². The Morgan fingerprint density at radius 3 is 2.48 bits per heavy atom. The number of carbonyl (C=O) groups excluding carboxylic acids is 1. The molecular formula is C20H25N3O2. The molecule has 0 aliphatic carbocycles. The predicted molar refractivity (Wildman–Crippen MR) is 97.3 cm³/mol. The minimum Gasteiger partial charge on any atom is -0.380 e. The molecule has 1 aromatic carbocycles. The molecule has 1 aromatic heterocycles. The van der Waals surface area contributed by atoms with Gasteiger partial charge in [-0.3, -0.25) is 14.7 Å². The van der Waals surface area contributed by atoms with Crippen molar-refractivity contribution in [3.63, 3.8) is 0 Å². The molecule has 1 saturated heterocycles. The third kappa shape index (κ3) is 4.24. The standard InChI is InChI=1S/C20H25N3O2/c1-16(19-4-3-9-21-14-19)22-10-12-23(13-11-22)20(24)18-7-5-17(6-8-18)15-25-2/h3-9,14,16H,10-13,15H2,1-2H3/t16-/m0/s1. The lowest BCUT2D eigenvalue weighted by molar-refractivity contribution is 0.0582. The normalized spacial score (nSPS) is 16.6. The molecule has 1 fully saturated rings. The van der Waals surface area contributed by atoms with Crippen LogP contribution in [0.5, 0.6) is 0 Å². The molecule has 0 bridgehead atoms. The maximum absolute atomic E-state index is 12.7. The zero-order valence-electron chi connectivity index (χ0n) is 14.9. The van der Waals surface area contributed by atoms with E-state index >= 15 is 0 Å². The van der Waals surface area contributed by atoms with Crippen LogP contribution in [0.4, 0.5) is 0 Å². The Bertz CT molecular complexity index is 680. The number of ether oxygens (including phenoxy) is 1. The van der Waals surface area contributed by atoms with Gasteiger partial charge >= 0.3 is 0 Å². The van der Waals surface area contributed by atoms with Crippen LogP contribution in [0, 0.1) is 0 Å². The van der Waals surface area contributed by atoms with Crippen LogP contribution in [0.1, 0.15) is 34.5 Å². The van der Waals surface area contributed by atoms with Gasteiger partial charge in [0.25, 0.3) is 5.91 Å². The van der Waals surface area contributed by atoms with Gasteiger partial charge < -0.3 is 9.64 Å². The van der Waals surface area contributed by atoms with Gasteiger partial charge in [0, 0.05) is 57.3 Å². The Labute approximate surface area is 149 Å². The molecule has 1 aliphatic rings. The van der Waals surface area contributed by atoms with Crippen LogP contribution in [0.25, 0.3) is 0 Å². The van der Waals surface area contributed by atoms with Gasteiger partial charge in [-0.2, -0.15) is 0 Å². The second-order valence-electron chi connectivity index (χ2n) is 6.42. The first kappa shape index (κ1) is 17.6. The lowest BCUT2D eigenvalue weighted by Crippen LogP contribution is -2.49. The molecule has 1 amide bonds. The van der Waals surface area contributed by atoms with Crippen molar-refractivity contribution in [2.24, 2.45) is 0 Å². The molecule has 1 atom stereocenters. The van der Waals surface area contributed by atoms with E-state index in [-0.39, 0.29) is 5.91 Å². The number of amides is 1. The number of hydrogen-bond donors (Lipinski definition) is 0. The van der Waals surface area contributed by atoms with Crippen molar-refractivity contribution < 1.29 is 9.53 Å². The number of aromatic nitrogens is 1. The summed E-state index contributed by atoms with van der Waals surface area (Å²) in [4.78, 5) is 21.2. The van der Waals surface area contributed by atoms with Gasteiger partial charge in [-0.05, 0) is 36.2 Å². The molecule has 1 aliphatic heterocycles. The number of hydrogen-bond acceptors (Lipinski definition) is 4. The van der Waals surface area contributed by atoms with E-state index in [1.165, 1.54) is 5.56 Å². The summed E-state index contributed by atoms with van der Waals surface area (Å²) >= 11 is 0. The first-order valence-corrected chi connectivity index (χ1v) is 8.70. The Kier molecular flexibility index (Phi) is 5.79. The van der Waals surface area contributed by atoms with E-state index in [1.807, 2.05) is 41.4 Å². The van der Waals surface area contributed by atoms with E-state index < -0.39 is 0 Å². The quantitative estimate of drug-likeness (QED) is 0.840. The molecule has 5 nitrogen and oxygen atoms in total. The predicted octanol–water partition coefficient (Wildman–Crippen LogP) is 2.75. The highest BCUT2D eigenvalue weighted by Crippen LogP contribution is 2.21. The topological polar surface area (TPSA) is 45.7 Å². The maximum Gasteiger partial charge on any atom is 0.253 e. The average Bonchev–Trinajstić information content (AvgIpc) is 2.68. The SMILES string of the molecule is COCc1ccc(C(=O)N2CCN([C@@H](C)c3cccnc3)CC2)cc1. The molecule has 132 valence electrons. The summed E-state index contributed by atoms with van der Waals surface area (Å²) in [7, 11) is 1.67. The molecule has 0 saturated carbocycles. The largest absolute Gasteiger partial charge is 0.380 e. The highest BCUT2D eigenvalue weighted by Gasteiger charge is 2.25. The van der Waals surface area contributed by atoms with Crippen LogP contribution in [-0.4, -0.2) is 54.0 Å². The third-order valence-electron chi connectivity index (χ3n) is 4.83. The molecule has 0 spiro atoms. The second kappa shape index (κ2) is 8.23. The van der Waals surface area contributed by atoms with Gasteiger partial charge in [-0.25, -0.2) is 0 Å². The smallest absolute Gasteiger partial charge is 0.253 e. The van der Waals surface area contributed by atoms with E-state index in [2.05, 4.69) is 22.9 Å². The van der Waals surface area contributed by atoms with E-state index in [1.54, 1.807) is 13.3 Å².